The van der Waals surface area contributed by atoms with Crippen molar-refractivity contribution < 1.29 is 14.4 Å². The van der Waals surface area contributed by atoms with Gasteiger partial charge in [-0.25, -0.2) is 10.0 Å². The van der Waals surface area contributed by atoms with Crippen molar-refractivity contribution in [1.82, 2.24) is 14.9 Å². The van der Waals surface area contributed by atoms with Gasteiger partial charge in [0.1, 0.15) is 11.1 Å². The molecular weight excluding hydrogens is 314 g/mol. The summed E-state index contributed by atoms with van der Waals surface area (Å²) in [4.78, 5) is 24.7. The summed E-state index contributed by atoms with van der Waals surface area (Å²) in [5.74, 6) is 0.514. The first kappa shape index (κ1) is 15.5. The lowest BCUT2D eigenvalue weighted by Crippen LogP contribution is -2.42. The van der Waals surface area contributed by atoms with Crippen LogP contribution in [-0.4, -0.2) is 59.3 Å². The van der Waals surface area contributed by atoms with E-state index in [9.17, 15) is 4.79 Å². The number of amides is 1. The summed E-state index contributed by atoms with van der Waals surface area (Å²) >= 11 is 1.72. The van der Waals surface area contributed by atoms with E-state index in [1.54, 1.807) is 11.3 Å². The number of aromatic nitrogens is 1. The normalized spacial score (nSPS) is 31.5. The van der Waals surface area contributed by atoms with Crippen LogP contribution in [0, 0.1) is 12.8 Å². The minimum atomic E-state index is -0.315. The third kappa shape index (κ3) is 3.28. The molecule has 0 bridgehead atoms. The number of carbonyl (C=O) groups excluding carboxylic acids is 1. The van der Waals surface area contributed by atoms with E-state index in [1.165, 1.54) is 5.06 Å². The minimum Gasteiger partial charge on any atom is -0.363 e. The van der Waals surface area contributed by atoms with Gasteiger partial charge in [0.25, 0.3) is 5.91 Å². The van der Waals surface area contributed by atoms with Crippen LogP contribution in [0.4, 0.5) is 0 Å². The molecule has 126 valence electrons. The van der Waals surface area contributed by atoms with Gasteiger partial charge in [-0.3, -0.25) is 14.5 Å². The number of hydrogen-bond acceptors (Lipinski definition) is 6. The topological polar surface area (TPSA) is 54.9 Å². The Morgan fingerprint density at radius 2 is 2.39 bits per heavy atom. The summed E-state index contributed by atoms with van der Waals surface area (Å²) in [6.07, 6.45) is 2.71. The molecule has 6 nitrogen and oxygen atoms in total. The van der Waals surface area contributed by atoms with Crippen LogP contribution in [-0.2, 0) is 20.9 Å². The van der Waals surface area contributed by atoms with Crippen molar-refractivity contribution in [1.29, 1.82) is 0 Å². The lowest BCUT2D eigenvalue weighted by atomic mass is 9.91. The molecule has 1 aromatic rings. The monoisotopic (exact) mass is 337 g/mol. The van der Waals surface area contributed by atoms with Gasteiger partial charge < -0.3 is 4.74 Å². The smallest absolute Gasteiger partial charge is 0.275 e. The van der Waals surface area contributed by atoms with Gasteiger partial charge in [-0.2, -0.15) is 0 Å². The Morgan fingerprint density at radius 1 is 1.48 bits per heavy atom. The molecule has 3 aliphatic rings. The van der Waals surface area contributed by atoms with Crippen LogP contribution in [0.15, 0.2) is 5.38 Å². The standard InChI is InChI=1S/C16H23N3O3S/c1-11-10-23-15(17-11)9-18-5-3-12-7-13(22-14(12)8-18)16(20)19-4-2-6-21-19/h10,12-14H,2-9H2,1H3/t12-,13+,14+/m1/s1. The predicted octanol–water partition coefficient (Wildman–Crippen LogP) is 1.59. The average Bonchev–Trinajstić information content (AvgIpc) is 3.26. The molecule has 4 heterocycles. The zero-order chi connectivity index (χ0) is 15.8. The van der Waals surface area contributed by atoms with Crippen LogP contribution in [0.25, 0.3) is 0 Å². The second-order valence-electron chi connectivity index (χ2n) is 6.69. The summed E-state index contributed by atoms with van der Waals surface area (Å²) in [5.41, 5.74) is 1.09. The highest BCUT2D eigenvalue weighted by Gasteiger charge is 2.43. The summed E-state index contributed by atoms with van der Waals surface area (Å²) in [6.45, 7) is 6.22. The number of fused-ring (bicyclic) bond motifs is 1. The van der Waals surface area contributed by atoms with E-state index in [0.29, 0.717) is 19.1 Å². The van der Waals surface area contributed by atoms with Gasteiger partial charge >= 0.3 is 0 Å². The molecular formula is C16H23N3O3S. The van der Waals surface area contributed by atoms with Crippen molar-refractivity contribution in [2.75, 3.05) is 26.2 Å². The van der Waals surface area contributed by atoms with Crippen LogP contribution < -0.4 is 0 Å². The lowest BCUT2D eigenvalue weighted by Gasteiger charge is -2.33. The van der Waals surface area contributed by atoms with Crippen molar-refractivity contribution in [3.63, 3.8) is 0 Å². The molecule has 1 amide bonds. The highest BCUT2D eigenvalue weighted by atomic mass is 32.1. The molecule has 0 saturated carbocycles. The predicted molar refractivity (Wildman–Crippen MR) is 85.8 cm³/mol. The number of aryl methyl sites for hydroxylation is 1. The highest BCUT2D eigenvalue weighted by Crippen LogP contribution is 2.34. The molecule has 7 heteroatoms. The maximum atomic E-state index is 12.4. The Kier molecular flexibility index (Phi) is 4.36. The molecule has 3 saturated heterocycles. The van der Waals surface area contributed by atoms with Crippen LogP contribution in [0.5, 0.6) is 0 Å². The molecule has 0 unspecified atom stereocenters. The Labute approximate surface area is 140 Å². The van der Waals surface area contributed by atoms with E-state index in [0.717, 1.165) is 49.6 Å². The number of carbonyl (C=O) groups is 1. The summed E-state index contributed by atoms with van der Waals surface area (Å²) in [6, 6.07) is 0. The van der Waals surface area contributed by atoms with Crippen molar-refractivity contribution >= 4 is 17.2 Å². The van der Waals surface area contributed by atoms with Crippen molar-refractivity contribution in [2.24, 2.45) is 5.92 Å². The van der Waals surface area contributed by atoms with E-state index in [2.05, 4.69) is 15.3 Å². The Bertz CT molecular complexity index is 573. The second kappa shape index (κ2) is 6.47. The SMILES string of the molecule is Cc1csc(CN2CC[C@@H]3C[C@@H](C(=O)N4CCCO4)O[C@H]3C2)n1. The van der Waals surface area contributed by atoms with E-state index in [-0.39, 0.29) is 18.1 Å². The van der Waals surface area contributed by atoms with Gasteiger partial charge in [0, 0.05) is 17.6 Å². The second-order valence-corrected chi connectivity index (χ2v) is 7.64. The molecule has 0 aliphatic carbocycles. The van der Waals surface area contributed by atoms with Gasteiger partial charge in [0.15, 0.2) is 0 Å². The molecule has 0 radical (unpaired) electrons. The number of hydroxylamine groups is 2. The van der Waals surface area contributed by atoms with Gasteiger partial charge in [-0.15, -0.1) is 11.3 Å². The fraction of sp³-hybridized carbons (Fsp3) is 0.750. The first-order chi connectivity index (χ1) is 11.2. The van der Waals surface area contributed by atoms with E-state index < -0.39 is 0 Å². The number of rotatable bonds is 3. The maximum absolute atomic E-state index is 12.4. The van der Waals surface area contributed by atoms with E-state index in [1.807, 2.05) is 6.92 Å². The van der Waals surface area contributed by atoms with Gasteiger partial charge in [-0.1, -0.05) is 0 Å². The highest BCUT2D eigenvalue weighted by molar-refractivity contribution is 7.09. The molecule has 0 spiro atoms. The molecule has 4 rings (SSSR count). The number of hydrogen-bond donors (Lipinski definition) is 0. The third-order valence-electron chi connectivity index (χ3n) is 4.94. The number of thiazole rings is 1. The third-order valence-corrected chi connectivity index (χ3v) is 5.89. The molecule has 3 atom stereocenters. The average molecular weight is 337 g/mol. The Hall–Kier alpha value is -1.02. The fourth-order valence-electron chi connectivity index (χ4n) is 3.75. The zero-order valence-electron chi connectivity index (χ0n) is 13.4. The lowest BCUT2D eigenvalue weighted by molar-refractivity contribution is -0.180. The summed E-state index contributed by atoms with van der Waals surface area (Å²) < 4.78 is 6.08. The quantitative estimate of drug-likeness (QED) is 0.838. The Morgan fingerprint density at radius 3 is 3.13 bits per heavy atom. The molecule has 3 fully saturated rings. The largest absolute Gasteiger partial charge is 0.363 e. The van der Waals surface area contributed by atoms with E-state index in [4.69, 9.17) is 9.57 Å². The zero-order valence-corrected chi connectivity index (χ0v) is 14.3. The summed E-state index contributed by atoms with van der Waals surface area (Å²) in [7, 11) is 0. The molecule has 1 aromatic heterocycles. The molecule has 3 aliphatic heterocycles. The van der Waals surface area contributed by atoms with Crippen LogP contribution in [0.3, 0.4) is 0 Å². The number of likely N-dealkylation sites (tertiary alicyclic amines) is 1. The number of piperidine rings is 1. The maximum Gasteiger partial charge on any atom is 0.275 e. The number of nitrogens with zero attached hydrogens (tertiary/aromatic N) is 3. The minimum absolute atomic E-state index is 0.0130. The van der Waals surface area contributed by atoms with Gasteiger partial charge in [0.05, 0.1) is 25.8 Å². The number of ether oxygens (including phenoxy) is 1. The first-order valence-corrected chi connectivity index (χ1v) is 9.30. The van der Waals surface area contributed by atoms with Crippen LogP contribution >= 0.6 is 11.3 Å². The van der Waals surface area contributed by atoms with Gasteiger partial charge in [-0.05, 0) is 38.6 Å². The Balaban J connectivity index is 1.34. The fourth-order valence-corrected chi connectivity index (χ4v) is 4.56. The van der Waals surface area contributed by atoms with Crippen molar-refractivity contribution in [3.05, 3.63) is 16.1 Å². The van der Waals surface area contributed by atoms with Crippen LogP contribution in [0.2, 0.25) is 0 Å². The molecule has 0 aromatic carbocycles. The van der Waals surface area contributed by atoms with E-state index >= 15 is 0 Å². The van der Waals surface area contributed by atoms with Crippen molar-refractivity contribution in [3.8, 4) is 0 Å². The van der Waals surface area contributed by atoms with Gasteiger partial charge in [0.2, 0.25) is 0 Å². The summed E-state index contributed by atoms with van der Waals surface area (Å²) in [5, 5.41) is 4.76. The molecule has 23 heavy (non-hydrogen) atoms. The first-order valence-electron chi connectivity index (χ1n) is 8.42. The molecule has 0 N–H and O–H groups in total. The van der Waals surface area contributed by atoms with Crippen LogP contribution in [0.1, 0.15) is 30.0 Å². The van der Waals surface area contributed by atoms with Crippen molar-refractivity contribution in [2.45, 2.75) is 44.9 Å².